The highest BCUT2D eigenvalue weighted by Crippen LogP contribution is 2.24. The van der Waals surface area contributed by atoms with Crippen LogP contribution in [0.25, 0.3) is 0 Å². The van der Waals surface area contributed by atoms with Gasteiger partial charge in [-0.15, -0.1) is 0 Å². The second kappa shape index (κ2) is 4.21. The first-order valence-corrected chi connectivity index (χ1v) is 5.66. The zero-order valence-corrected chi connectivity index (χ0v) is 9.41. The lowest BCUT2D eigenvalue weighted by molar-refractivity contribution is 0.364. The van der Waals surface area contributed by atoms with Crippen molar-refractivity contribution in [3.05, 3.63) is 29.8 Å². The Kier molecular flexibility index (Phi) is 2.94. The molecule has 2 rings (SSSR count). The van der Waals surface area contributed by atoms with Gasteiger partial charge in [0.15, 0.2) is 0 Å². The quantitative estimate of drug-likeness (QED) is 0.718. The SMILES string of the molecule is CC(C)c1ccc(N2CCC(F)C2)cc1. The number of benzene rings is 1. The van der Waals surface area contributed by atoms with E-state index in [9.17, 15) is 4.39 Å². The normalized spacial score (nSPS) is 21.3. The van der Waals surface area contributed by atoms with E-state index in [2.05, 4.69) is 43.0 Å². The molecule has 0 aromatic heterocycles. The van der Waals surface area contributed by atoms with Crippen LogP contribution >= 0.6 is 0 Å². The Morgan fingerprint density at radius 2 is 1.93 bits per heavy atom. The molecule has 1 aliphatic rings. The Labute approximate surface area is 90.9 Å². The molecule has 2 heteroatoms. The molecule has 1 unspecified atom stereocenters. The Balaban J connectivity index is 2.10. The van der Waals surface area contributed by atoms with E-state index in [0.29, 0.717) is 18.9 Å². The van der Waals surface area contributed by atoms with Crippen LogP contribution in [-0.4, -0.2) is 19.3 Å². The maximum Gasteiger partial charge on any atom is 0.119 e. The van der Waals surface area contributed by atoms with Gasteiger partial charge in [0.2, 0.25) is 0 Å². The van der Waals surface area contributed by atoms with Crippen LogP contribution in [-0.2, 0) is 0 Å². The van der Waals surface area contributed by atoms with Gasteiger partial charge in [-0.2, -0.15) is 0 Å². The second-order valence-electron chi connectivity index (χ2n) is 4.58. The fourth-order valence-electron chi connectivity index (χ4n) is 2.02. The largest absolute Gasteiger partial charge is 0.369 e. The molecular weight excluding hydrogens is 189 g/mol. The van der Waals surface area contributed by atoms with E-state index in [1.54, 1.807) is 0 Å². The van der Waals surface area contributed by atoms with Crippen molar-refractivity contribution in [2.75, 3.05) is 18.0 Å². The molecule has 0 amide bonds. The van der Waals surface area contributed by atoms with Crippen molar-refractivity contribution in [1.29, 1.82) is 0 Å². The number of hydrogen-bond donors (Lipinski definition) is 0. The summed E-state index contributed by atoms with van der Waals surface area (Å²) in [6.07, 6.45) is 0.0288. The Morgan fingerprint density at radius 1 is 1.27 bits per heavy atom. The number of anilines is 1. The molecule has 0 bridgehead atoms. The van der Waals surface area contributed by atoms with Crippen molar-refractivity contribution in [2.24, 2.45) is 0 Å². The van der Waals surface area contributed by atoms with Crippen LogP contribution in [0.1, 0.15) is 31.7 Å². The highest BCUT2D eigenvalue weighted by molar-refractivity contribution is 5.49. The lowest BCUT2D eigenvalue weighted by Gasteiger charge is -2.18. The Morgan fingerprint density at radius 3 is 2.40 bits per heavy atom. The number of halogens is 1. The predicted molar refractivity (Wildman–Crippen MR) is 62.3 cm³/mol. The second-order valence-corrected chi connectivity index (χ2v) is 4.58. The van der Waals surface area contributed by atoms with Crippen LogP contribution < -0.4 is 4.90 Å². The zero-order chi connectivity index (χ0) is 10.8. The van der Waals surface area contributed by atoms with Crippen molar-refractivity contribution in [2.45, 2.75) is 32.4 Å². The van der Waals surface area contributed by atoms with Crippen LogP contribution in [0.2, 0.25) is 0 Å². The number of nitrogens with zero attached hydrogens (tertiary/aromatic N) is 1. The molecular formula is C13H18FN. The van der Waals surface area contributed by atoms with E-state index in [-0.39, 0.29) is 0 Å². The topological polar surface area (TPSA) is 3.24 Å². The molecule has 1 aromatic rings. The van der Waals surface area contributed by atoms with Crippen LogP contribution in [0.15, 0.2) is 24.3 Å². The van der Waals surface area contributed by atoms with E-state index < -0.39 is 6.17 Å². The monoisotopic (exact) mass is 207 g/mol. The van der Waals surface area contributed by atoms with Gasteiger partial charge in [0, 0.05) is 18.8 Å². The third-order valence-electron chi connectivity index (χ3n) is 3.06. The lowest BCUT2D eigenvalue weighted by atomic mass is 10.0. The third kappa shape index (κ3) is 2.31. The number of rotatable bonds is 2. The smallest absolute Gasteiger partial charge is 0.119 e. The van der Waals surface area contributed by atoms with Crippen molar-refractivity contribution >= 4 is 5.69 Å². The van der Waals surface area contributed by atoms with E-state index >= 15 is 0 Å². The fourth-order valence-corrected chi connectivity index (χ4v) is 2.02. The highest BCUT2D eigenvalue weighted by atomic mass is 19.1. The molecule has 15 heavy (non-hydrogen) atoms. The van der Waals surface area contributed by atoms with Crippen LogP contribution in [0.4, 0.5) is 10.1 Å². The van der Waals surface area contributed by atoms with Crippen LogP contribution in [0.5, 0.6) is 0 Å². The van der Waals surface area contributed by atoms with Crippen molar-refractivity contribution in [3.8, 4) is 0 Å². The minimum atomic E-state index is -0.644. The van der Waals surface area contributed by atoms with Gasteiger partial charge in [0.25, 0.3) is 0 Å². The maximum absolute atomic E-state index is 13.0. The van der Waals surface area contributed by atoms with Gasteiger partial charge in [-0.3, -0.25) is 0 Å². The summed E-state index contributed by atoms with van der Waals surface area (Å²) in [5.41, 5.74) is 2.49. The lowest BCUT2D eigenvalue weighted by Crippen LogP contribution is -2.19. The van der Waals surface area contributed by atoms with Gasteiger partial charge >= 0.3 is 0 Å². The average Bonchev–Trinajstić information content (AvgIpc) is 2.65. The van der Waals surface area contributed by atoms with Gasteiger partial charge in [0.1, 0.15) is 6.17 Å². The summed E-state index contributed by atoms with van der Waals surface area (Å²) in [4.78, 5) is 2.12. The van der Waals surface area contributed by atoms with E-state index in [4.69, 9.17) is 0 Å². The molecule has 1 fully saturated rings. The fraction of sp³-hybridized carbons (Fsp3) is 0.538. The van der Waals surface area contributed by atoms with Gasteiger partial charge in [-0.1, -0.05) is 26.0 Å². The minimum absolute atomic E-state index is 0.557. The minimum Gasteiger partial charge on any atom is -0.369 e. The molecule has 1 heterocycles. The third-order valence-corrected chi connectivity index (χ3v) is 3.06. The zero-order valence-electron chi connectivity index (χ0n) is 9.41. The molecule has 1 aromatic carbocycles. The Bertz CT molecular complexity index is 318. The predicted octanol–water partition coefficient (Wildman–Crippen LogP) is 3.36. The first kappa shape index (κ1) is 10.5. The molecule has 0 N–H and O–H groups in total. The van der Waals surface area contributed by atoms with E-state index in [0.717, 1.165) is 12.2 Å². The van der Waals surface area contributed by atoms with Gasteiger partial charge < -0.3 is 4.90 Å². The van der Waals surface area contributed by atoms with Crippen molar-refractivity contribution in [3.63, 3.8) is 0 Å². The van der Waals surface area contributed by atoms with Crippen molar-refractivity contribution < 1.29 is 4.39 Å². The highest BCUT2D eigenvalue weighted by Gasteiger charge is 2.21. The van der Waals surface area contributed by atoms with Crippen LogP contribution in [0.3, 0.4) is 0 Å². The summed E-state index contributed by atoms with van der Waals surface area (Å²) >= 11 is 0. The van der Waals surface area contributed by atoms with E-state index in [1.807, 2.05) is 0 Å². The molecule has 0 saturated carbocycles. The summed E-state index contributed by atoms with van der Waals surface area (Å²) in [6.45, 7) is 5.77. The number of alkyl halides is 1. The van der Waals surface area contributed by atoms with Gasteiger partial charge in [-0.05, 0) is 30.0 Å². The molecule has 1 nitrogen and oxygen atoms in total. The van der Waals surface area contributed by atoms with E-state index in [1.165, 1.54) is 5.56 Å². The molecule has 1 atom stereocenters. The standard InChI is InChI=1S/C13H18FN/c1-10(2)11-3-5-13(6-4-11)15-8-7-12(14)9-15/h3-6,10,12H,7-9H2,1-2H3. The van der Waals surface area contributed by atoms with Crippen LogP contribution in [0, 0.1) is 0 Å². The molecule has 0 aliphatic carbocycles. The summed E-state index contributed by atoms with van der Waals surface area (Å²) < 4.78 is 13.0. The van der Waals surface area contributed by atoms with Crippen molar-refractivity contribution in [1.82, 2.24) is 0 Å². The Hall–Kier alpha value is -1.05. The molecule has 1 saturated heterocycles. The summed E-state index contributed by atoms with van der Waals surface area (Å²) in [6, 6.07) is 8.50. The summed E-state index contributed by atoms with van der Waals surface area (Å²) in [5, 5.41) is 0. The summed E-state index contributed by atoms with van der Waals surface area (Å²) in [5.74, 6) is 0.562. The maximum atomic E-state index is 13.0. The molecule has 1 aliphatic heterocycles. The molecule has 82 valence electrons. The first-order valence-electron chi connectivity index (χ1n) is 5.66. The molecule has 0 spiro atoms. The first-order chi connectivity index (χ1) is 7.16. The average molecular weight is 207 g/mol. The van der Waals surface area contributed by atoms with Gasteiger partial charge in [0.05, 0.1) is 0 Å². The number of hydrogen-bond acceptors (Lipinski definition) is 1. The van der Waals surface area contributed by atoms with Gasteiger partial charge in [-0.25, -0.2) is 4.39 Å². The summed E-state index contributed by atoms with van der Waals surface area (Å²) in [7, 11) is 0. The molecule has 0 radical (unpaired) electrons.